The van der Waals surface area contributed by atoms with Crippen LogP contribution in [0.4, 0.5) is 8.78 Å². The number of halogens is 4. The van der Waals surface area contributed by atoms with Gasteiger partial charge in [-0.2, -0.15) is 4.31 Å². The molecule has 1 saturated heterocycles. The molecule has 0 bridgehead atoms. The summed E-state index contributed by atoms with van der Waals surface area (Å²) >= 11 is 2.86. The summed E-state index contributed by atoms with van der Waals surface area (Å²) in [5.41, 5.74) is 5.72. The average Bonchev–Trinajstić information content (AvgIpc) is 2.33. The summed E-state index contributed by atoms with van der Waals surface area (Å²) in [5, 5.41) is 0. The highest BCUT2D eigenvalue weighted by molar-refractivity contribution is 9.10. The summed E-state index contributed by atoms with van der Waals surface area (Å²) in [6.07, 6.45) is 1.37. The number of hydrogen-bond acceptors (Lipinski definition) is 3. The lowest BCUT2D eigenvalue weighted by Gasteiger charge is -2.30. The van der Waals surface area contributed by atoms with E-state index in [2.05, 4.69) is 15.9 Å². The van der Waals surface area contributed by atoms with E-state index < -0.39 is 26.6 Å². The maximum Gasteiger partial charge on any atom is 0.246 e. The quantitative estimate of drug-likeness (QED) is 0.787. The van der Waals surface area contributed by atoms with Gasteiger partial charge in [0.2, 0.25) is 10.0 Å². The number of rotatable bonds is 2. The van der Waals surface area contributed by atoms with Gasteiger partial charge in [-0.05, 0) is 34.8 Å². The summed E-state index contributed by atoms with van der Waals surface area (Å²) < 4.78 is 52.5. The molecule has 20 heavy (non-hydrogen) atoms. The Morgan fingerprint density at radius 2 is 1.95 bits per heavy atom. The van der Waals surface area contributed by atoms with Gasteiger partial charge in [-0.15, -0.1) is 12.4 Å². The highest BCUT2D eigenvalue weighted by atomic mass is 79.9. The van der Waals surface area contributed by atoms with Crippen molar-refractivity contribution in [3.63, 3.8) is 0 Å². The van der Waals surface area contributed by atoms with Gasteiger partial charge in [-0.25, -0.2) is 17.2 Å². The van der Waals surface area contributed by atoms with Crippen LogP contribution in [0.3, 0.4) is 0 Å². The van der Waals surface area contributed by atoms with E-state index in [1.165, 1.54) is 0 Å². The Bertz CT molecular complexity index is 600. The van der Waals surface area contributed by atoms with Gasteiger partial charge in [0.25, 0.3) is 0 Å². The minimum Gasteiger partial charge on any atom is -0.327 e. The van der Waals surface area contributed by atoms with E-state index >= 15 is 0 Å². The fourth-order valence-corrected chi connectivity index (χ4v) is 4.14. The third-order valence-corrected chi connectivity index (χ3v) is 5.50. The largest absolute Gasteiger partial charge is 0.327 e. The molecule has 0 radical (unpaired) electrons. The minimum atomic E-state index is -3.98. The van der Waals surface area contributed by atoms with Gasteiger partial charge in [0.05, 0.1) is 4.47 Å². The van der Waals surface area contributed by atoms with Crippen molar-refractivity contribution in [1.29, 1.82) is 0 Å². The van der Waals surface area contributed by atoms with E-state index in [9.17, 15) is 17.2 Å². The number of nitrogens with two attached hydrogens (primary N) is 1. The van der Waals surface area contributed by atoms with Crippen molar-refractivity contribution in [3.8, 4) is 0 Å². The molecule has 0 spiro atoms. The number of sulfonamides is 1. The van der Waals surface area contributed by atoms with Crippen LogP contribution in [0, 0.1) is 11.6 Å². The van der Waals surface area contributed by atoms with Crippen LogP contribution >= 0.6 is 28.3 Å². The monoisotopic (exact) mass is 390 g/mol. The molecular formula is C11H14BrClF2N2O2S. The lowest BCUT2D eigenvalue weighted by molar-refractivity contribution is 0.315. The van der Waals surface area contributed by atoms with Gasteiger partial charge >= 0.3 is 0 Å². The standard InChI is InChI=1S/C11H13BrF2N2O2S.ClH/c12-8-4-11(10(14)5-9(8)13)19(17,18)16-3-1-2-7(15)6-16;/h4-5,7H,1-3,6,15H2;1H/t7-;/m1./s1. The number of hydrogen-bond donors (Lipinski definition) is 1. The molecule has 1 atom stereocenters. The van der Waals surface area contributed by atoms with Crippen LogP contribution in [-0.4, -0.2) is 31.9 Å². The first-order chi connectivity index (χ1) is 8.82. The van der Waals surface area contributed by atoms with E-state index in [1.54, 1.807) is 0 Å². The second kappa shape index (κ2) is 6.65. The molecule has 1 aliphatic rings. The van der Waals surface area contributed by atoms with Crippen molar-refractivity contribution in [3.05, 3.63) is 28.2 Å². The van der Waals surface area contributed by atoms with Gasteiger partial charge in [0.15, 0.2) is 0 Å². The predicted molar refractivity (Wildman–Crippen MR) is 77.3 cm³/mol. The fraction of sp³-hybridized carbons (Fsp3) is 0.455. The van der Waals surface area contributed by atoms with Gasteiger partial charge in [0, 0.05) is 25.2 Å². The summed E-state index contributed by atoms with van der Waals surface area (Å²) in [5.74, 6) is -1.94. The van der Waals surface area contributed by atoms with Crippen LogP contribution in [0.2, 0.25) is 0 Å². The van der Waals surface area contributed by atoms with Gasteiger partial charge < -0.3 is 5.73 Å². The topological polar surface area (TPSA) is 63.4 Å². The van der Waals surface area contributed by atoms with Crippen LogP contribution in [0.15, 0.2) is 21.5 Å². The summed E-state index contributed by atoms with van der Waals surface area (Å²) in [6.45, 7) is 0.446. The molecular weight excluding hydrogens is 378 g/mol. The molecule has 114 valence electrons. The first-order valence-corrected chi connectivity index (χ1v) is 7.96. The number of piperidine rings is 1. The number of benzene rings is 1. The Morgan fingerprint density at radius 3 is 2.55 bits per heavy atom. The van der Waals surface area contributed by atoms with Crippen LogP contribution in [-0.2, 0) is 10.0 Å². The van der Waals surface area contributed by atoms with Gasteiger partial charge in [-0.3, -0.25) is 0 Å². The molecule has 2 rings (SSSR count). The molecule has 1 fully saturated rings. The van der Waals surface area contributed by atoms with E-state index in [0.29, 0.717) is 19.0 Å². The number of nitrogens with zero attached hydrogens (tertiary/aromatic N) is 1. The molecule has 0 saturated carbocycles. The Labute approximate surface area is 130 Å². The lowest BCUT2D eigenvalue weighted by Crippen LogP contribution is -2.45. The molecule has 4 nitrogen and oxygen atoms in total. The molecule has 1 aromatic rings. The first kappa shape index (κ1) is 17.8. The second-order valence-corrected chi connectivity index (χ2v) is 7.22. The lowest BCUT2D eigenvalue weighted by atomic mass is 10.1. The zero-order chi connectivity index (χ0) is 14.2. The molecule has 0 aliphatic carbocycles. The molecule has 1 heterocycles. The fourth-order valence-electron chi connectivity index (χ4n) is 2.03. The van der Waals surface area contributed by atoms with Crippen molar-refractivity contribution in [2.24, 2.45) is 5.73 Å². The summed E-state index contributed by atoms with van der Waals surface area (Å²) in [4.78, 5) is -0.533. The maximum absolute atomic E-state index is 13.7. The van der Waals surface area contributed by atoms with Crippen molar-refractivity contribution in [2.45, 2.75) is 23.8 Å². The van der Waals surface area contributed by atoms with Crippen LogP contribution in [0.5, 0.6) is 0 Å². The SMILES string of the molecule is Cl.N[C@@H]1CCCN(S(=O)(=O)c2cc(Br)c(F)cc2F)C1. The summed E-state index contributed by atoms with van der Waals surface area (Å²) in [7, 11) is -3.98. The van der Waals surface area contributed by atoms with Crippen molar-refractivity contribution in [1.82, 2.24) is 4.31 Å². The molecule has 1 aromatic carbocycles. The van der Waals surface area contributed by atoms with E-state index in [-0.39, 0.29) is 29.5 Å². The van der Waals surface area contributed by atoms with E-state index in [0.717, 1.165) is 16.8 Å². The third kappa shape index (κ3) is 3.48. The minimum absolute atomic E-state index is 0. The van der Waals surface area contributed by atoms with Crippen LogP contribution < -0.4 is 5.73 Å². The van der Waals surface area contributed by atoms with Crippen molar-refractivity contribution >= 4 is 38.4 Å². The van der Waals surface area contributed by atoms with Crippen molar-refractivity contribution < 1.29 is 17.2 Å². The Hall–Kier alpha value is -0.280. The van der Waals surface area contributed by atoms with Gasteiger partial charge in [0.1, 0.15) is 16.5 Å². The molecule has 9 heteroatoms. The molecule has 2 N–H and O–H groups in total. The average molecular weight is 392 g/mol. The molecule has 0 unspecified atom stereocenters. The predicted octanol–water partition coefficient (Wildman–Crippen LogP) is 2.26. The Morgan fingerprint density at radius 1 is 1.30 bits per heavy atom. The van der Waals surface area contributed by atoms with Crippen LogP contribution in [0.1, 0.15) is 12.8 Å². The van der Waals surface area contributed by atoms with Gasteiger partial charge in [-0.1, -0.05) is 0 Å². The molecule has 1 aliphatic heterocycles. The Kier molecular flexibility index (Phi) is 5.91. The molecule has 0 aromatic heterocycles. The second-order valence-electron chi connectivity index (χ2n) is 4.46. The third-order valence-electron chi connectivity index (χ3n) is 3.01. The highest BCUT2D eigenvalue weighted by Gasteiger charge is 2.31. The summed E-state index contributed by atoms with van der Waals surface area (Å²) in [6, 6.07) is 1.25. The van der Waals surface area contributed by atoms with Crippen molar-refractivity contribution in [2.75, 3.05) is 13.1 Å². The smallest absolute Gasteiger partial charge is 0.246 e. The zero-order valence-corrected chi connectivity index (χ0v) is 13.6. The van der Waals surface area contributed by atoms with E-state index in [4.69, 9.17) is 5.73 Å². The highest BCUT2D eigenvalue weighted by Crippen LogP contribution is 2.27. The Balaban J connectivity index is 0.00000200. The first-order valence-electron chi connectivity index (χ1n) is 5.72. The maximum atomic E-state index is 13.7. The normalized spacial score (nSPS) is 20.5. The van der Waals surface area contributed by atoms with Crippen LogP contribution in [0.25, 0.3) is 0 Å². The molecule has 0 amide bonds. The van der Waals surface area contributed by atoms with E-state index in [1.807, 2.05) is 0 Å². The zero-order valence-electron chi connectivity index (χ0n) is 10.4.